The van der Waals surface area contributed by atoms with Gasteiger partial charge < -0.3 is 14.3 Å². The molecule has 0 N–H and O–H groups in total. The van der Waals surface area contributed by atoms with E-state index in [-0.39, 0.29) is 23.3 Å². The molecule has 0 aromatic carbocycles. The number of ether oxygens (including phenoxy) is 2. The van der Waals surface area contributed by atoms with Gasteiger partial charge >= 0.3 is 5.97 Å². The lowest BCUT2D eigenvalue weighted by molar-refractivity contribution is -0.196. The molecule has 4 bridgehead atoms. The summed E-state index contributed by atoms with van der Waals surface area (Å²) in [4.78, 5) is 22.8. The topological polar surface area (TPSA) is 52.6 Å². The minimum atomic E-state index is -0.429. The van der Waals surface area contributed by atoms with Crippen LogP contribution in [0.15, 0.2) is 0 Å². The summed E-state index contributed by atoms with van der Waals surface area (Å²) < 4.78 is 12.1. The van der Waals surface area contributed by atoms with Crippen LogP contribution in [0.4, 0.5) is 0 Å². The summed E-state index contributed by atoms with van der Waals surface area (Å²) in [5.74, 6) is 3.64. The second-order valence-electron chi connectivity index (χ2n) is 11.4. The Morgan fingerprint density at radius 2 is 1.38 bits per heavy atom. The molecule has 4 nitrogen and oxygen atoms in total. The van der Waals surface area contributed by atoms with E-state index in [4.69, 9.17) is 9.47 Å². The highest BCUT2D eigenvalue weighted by molar-refractivity contribution is 5.78. The predicted octanol–water partition coefficient (Wildman–Crippen LogP) is 5.57. The van der Waals surface area contributed by atoms with Gasteiger partial charge in [-0.25, -0.2) is 0 Å². The maximum Gasteiger partial charge on any atom is 0.312 e. The van der Waals surface area contributed by atoms with Crippen molar-refractivity contribution in [3.8, 4) is 0 Å². The minimum Gasteiger partial charge on any atom is -0.459 e. The Bertz CT molecular complexity index is 569. The quantitative estimate of drug-likeness (QED) is 0.573. The zero-order valence-electron chi connectivity index (χ0n) is 19.5. The Morgan fingerprint density at radius 3 is 1.83 bits per heavy atom. The summed E-state index contributed by atoms with van der Waals surface area (Å²) in [6.45, 7) is 9.60. The molecule has 0 radical (unpaired) electrons. The van der Waals surface area contributed by atoms with Crippen LogP contribution in [0.25, 0.3) is 0 Å². The van der Waals surface area contributed by atoms with Gasteiger partial charge in [0.05, 0.1) is 11.5 Å². The van der Waals surface area contributed by atoms with Gasteiger partial charge in [-0.2, -0.15) is 0 Å². The average Bonchev–Trinajstić information content (AvgIpc) is 2.59. The van der Waals surface area contributed by atoms with Gasteiger partial charge in [-0.05, 0) is 103 Å². The Morgan fingerprint density at radius 1 is 0.897 bits per heavy atom. The van der Waals surface area contributed by atoms with E-state index in [1.54, 1.807) is 0 Å². The molecule has 5 fully saturated rings. The van der Waals surface area contributed by atoms with Gasteiger partial charge in [0.25, 0.3) is 0 Å². The number of hydrogen-bond donors (Lipinski definition) is 0. The third kappa shape index (κ3) is 5.06. The smallest absolute Gasteiger partial charge is 0.312 e. The number of ketones is 1. The molecule has 0 aromatic heterocycles. The summed E-state index contributed by atoms with van der Waals surface area (Å²) in [5.41, 5.74) is -0.586. The molecule has 5 aliphatic rings. The molecule has 4 heteroatoms. The Labute approximate surface area is 177 Å². The third-order valence-electron chi connectivity index (χ3n) is 8.08. The van der Waals surface area contributed by atoms with Crippen molar-refractivity contribution in [1.82, 2.24) is 0 Å². The molecule has 0 aromatic rings. The summed E-state index contributed by atoms with van der Waals surface area (Å²) >= 11 is 0. The first-order valence-corrected chi connectivity index (χ1v) is 11.8. The first-order valence-electron chi connectivity index (χ1n) is 11.8. The summed E-state index contributed by atoms with van der Waals surface area (Å²) in [6, 6.07) is 0. The van der Waals surface area contributed by atoms with Crippen LogP contribution < -0.4 is 0 Å². The summed E-state index contributed by atoms with van der Waals surface area (Å²) in [6.07, 6.45) is 11.0. The lowest BCUT2D eigenvalue weighted by atomic mass is 9.49. The molecule has 0 spiro atoms. The third-order valence-corrected chi connectivity index (χ3v) is 8.08. The van der Waals surface area contributed by atoms with Crippen molar-refractivity contribution in [3.05, 3.63) is 0 Å². The van der Waals surface area contributed by atoms with Crippen molar-refractivity contribution < 1.29 is 19.1 Å². The van der Waals surface area contributed by atoms with E-state index in [2.05, 4.69) is 20.8 Å². The van der Waals surface area contributed by atoms with Crippen molar-refractivity contribution in [3.63, 3.8) is 0 Å². The second kappa shape index (κ2) is 8.69. The van der Waals surface area contributed by atoms with Crippen LogP contribution >= 0.6 is 0 Å². The maximum atomic E-state index is 13.4. The van der Waals surface area contributed by atoms with E-state index < -0.39 is 5.60 Å². The highest BCUT2D eigenvalue weighted by Gasteiger charge is 2.56. The van der Waals surface area contributed by atoms with E-state index >= 15 is 0 Å². The van der Waals surface area contributed by atoms with Crippen molar-refractivity contribution in [2.45, 2.75) is 104 Å². The molecule has 5 saturated carbocycles. The Hall–Kier alpha value is -0.900. The fourth-order valence-corrected chi connectivity index (χ4v) is 7.17. The van der Waals surface area contributed by atoms with Gasteiger partial charge in [0, 0.05) is 13.0 Å². The highest BCUT2D eigenvalue weighted by atomic mass is 16.6. The minimum absolute atomic E-state index is 0.116. The molecule has 0 saturated heterocycles. The molecule has 166 valence electrons. The molecule has 0 amide bonds. The van der Waals surface area contributed by atoms with Crippen molar-refractivity contribution >= 4 is 11.8 Å². The SMILES string of the molecule is CC(C)=O.COC1CC(C)CCC1C(C)(C)OC(=O)C12CC3CC(CC(C3)C1)C2. The average molecular weight is 407 g/mol. The molecule has 3 unspecified atom stereocenters. The number of Topliss-reactive ketones (excluding diaryl/α,β-unsaturated/α-hetero) is 1. The molecule has 0 aliphatic heterocycles. The zero-order chi connectivity index (χ0) is 21.4. The number of esters is 1. The molecule has 5 aliphatic carbocycles. The predicted molar refractivity (Wildman–Crippen MR) is 114 cm³/mol. The number of methoxy groups -OCH3 is 1. The maximum absolute atomic E-state index is 13.4. The summed E-state index contributed by atoms with van der Waals surface area (Å²) in [5, 5.41) is 0. The van der Waals surface area contributed by atoms with Crippen LogP contribution in [0.5, 0.6) is 0 Å². The lowest BCUT2D eigenvalue weighted by Crippen LogP contribution is -2.54. The number of hydrogen-bond acceptors (Lipinski definition) is 4. The highest BCUT2D eigenvalue weighted by Crippen LogP contribution is 2.60. The first kappa shape index (κ1) is 22.8. The van der Waals surface area contributed by atoms with Gasteiger partial charge in [-0.1, -0.05) is 13.3 Å². The van der Waals surface area contributed by atoms with E-state index in [1.165, 1.54) is 39.5 Å². The summed E-state index contributed by atoms with van der Waals surface area (Å²) in [7, 11) is 1.81. The van der Waals surface area contributed by atoms with Crippen molar-refractivity contribution in [2.75, 3.05) is 7.11 Å². The van der Waals surface area contributed by atoms with Crippen LogP contribution in [0, 0.1) is 35.0 Å². The van der Waals surface area contributed by atoms with Gasteiger partial charge in [-0.3, -0.25) is 4.79 Å². The zero-order valence-corrected chi connectivity index (χ0v) is 19.5. The van der Waals surface area contributed by atoms with Crippen LogP contribution in [-0.4, -0.2) is 30.6 Å². The Kier molecular flexibility index (Phi) is 6.82. The molecule has 29 heavy (non-hydrogen) atoms. The lowest BCUT2D eigenvalue weighted by Gasteiger charge is -2.56. The Balaban J connectivity index is 0.000000552. The number of carbonyl (C=O) groups excluding carboxylic acids is 2. The monoisotopic (exact) mass is 406 g/mol. The fourth-order valence-electron chi connectivity index (χ4n) is 7.17. The van der Waals surface area contributed by atoms with E-state index in [9.17, 15) is 9.59 Å². The van der Waals surface area contributed by atoms with Gasteiger partial charge in [0.1, 0.15) is 11.4 Å². The molecular weight excluding hydrogens is 364 g/mol. The van der Waals surface area contributed by atoms with Crippen LogP contribution in [0.1, 0.15) is 92.4 Å². The fraction of sp³-hybridized carbons (Fsp3) is 0.920. The van der Waals surface area contributed by atoms with Gasteiger partial charge in [0.15, 0.2) is 0 Å². The van der Waals surface area contributed by atoms with E-state index in [0.29, 0.717) is 11.8 Å². The first-order chi connectivity index (χ1) is 13.5. The molecule has 3 atom stereocenters. The molecule has 5 rings (SSSR count). The van der Waals surface area contributed by atoms with Crippen molar-refractivity contribution in [2.24, 2.45) is 35.0 Å². The van der Waals surface area contributed by atoms with Gasteiger partial charge in [-0.15, -0.1) is 0 Å². The molecule has 0 heterocycles. The molecular formula is C25H42O4. The normalized spacial score (nSPS) is 40.8. The largest absolute Gasteiger partial charge is 0.459 e. The van der Waals surface area contributed by atoms with E-state index in [1.807, 2.05) is 7.11 Å². The second-order valence-corrected chi connectivity index (χ2v) is 11.4. The van der Waals surface area contributed by atoms with Crippen LogP contribution in [0.3, 0.4) is 0 Å². The number of carbonyl (C=O) groups is 2. The van der Waals surface area contributed by atoms with Gasteiger partial charge in [0.2, 0.25) is 0 Å². The standard InChI is InChI=1S/C22H36O3.C3H6O/c1-14-5-6-18(19(7-14)24-4)21(2,3)25-20(23)22-11-15-8-16(12-22)10-17(9-15)13-22;1-3(2)4/h14-19H,5-13H2,1-4H3;1-2H3. The number of rotatable bonds is 4. The van der Waals surface area contributed by atoms with E-state index in [0.717, 1.165) is 49.9 Å². The van der Waals surface area contributed by atoms with Crippen molar-refractivity contribution in [1.29, 1.82) is 0 Å². The van der Waals surface area contributed by atoms with Crippen LogP contribution in [0.2, 0.25) is 0 Å². The van der Waals surface area contributed by atoms with Crippen LogP contribution in [-0.2, 0) is 19.1 Å².